The summed E-state index contributed by atoms with van der Waals surface area (Å²) >= 11 is 0. The lowest BCUT2D eigenvalue weighted by Gasteiger charge is -2.44. The van der Waals surface area contributed by atoms with Crippen LogP contribution in [0.15, 0.2) is 12.1 Å². The van der Waals surface area contributed by atoms with Crippen molar-refractivity contribution in [2.24, 2.45) is 0 Å². The maximum absolute atomic E-state index is 12.5. The molecule has 138 valence electrons. The van der Waals surface area contributed by atoms with E-state index in [1.54, 1.807) is 12.1 Å². The fourth-order valence-electron chi connectivity index (χ4n) is 3.63. The maximum Gasteiger partial charge on any atom is 0.252 e. The van der Waals surface area contributed by atoms with E-state index >= 15 is 0 Å². The van der Waals surface area contributed by atoms with Gasteiger partial charge >= 0.3 is 0 Å². The molecular formula is C18H25NO6. The summed E-state index contributed by atoms with van der Waals surface area (Å²) in [5, 5.41) is 32.9. The topological polar surface area (TPSA) is 108 Å². The maximum atomic E-state index is 12.5. The zero-order chi connectivity index (χ0) is 18.1. The van der Waals surface area contributed by atoms with Crippen LogP contribution in [0.25, 0.3) is 0 Å². The average molecular weight is 351 g/mol. The van der Waals surface area contributed by atoms with Gasteiger partial charge in [0.2, 0.25) is 0 Å². The summed E-state index contributed by atoms with van der Waals surface area (Å²) in [6.07, 6.45) is -2.48. The van der Waals surface area contributed by atoms with Crippen LogP contribution >= 0.6 is 0 Å². The summed E-state index contributed by atoms with van der Waals surface area (Å²) in [6.45, 7) is 4.82. The van der Waals surface area contributed by atoms with Gasteiger partial charge in [0, 0.05) is 11.5 Å². The lowest BCUT2D eigenvalue weighted by Crippen LogP contribution is -2.61. The highest BCUT2D eigenvalue weighted by atomic mass is 16.5. The molecule has 1 aromatic rings. The SMILES string of the molecule is CCCOc1cc2c(cc1OCC)C1CC(O)C(O)C(O)C1NC2=O. The van der Waals surface area contributed by atoms with Gasteiger partial charge in [0.1, 0.15) is 12.2 Å². The molecule has 0 radical (unpaired) electrons. The summed E-state index contributed by atoms with van der Waals surface area (Å²) in [4.78, 5) is 12.5. The number of fused-ring (bicyclic) bond motifs is 3. The van der Waals surface area contributed by atoms with Crippen molar-refractivity contribution < 1.29 is 29.6 Å². The van der Waals surface area contributed by atoms with E-state index in [4.69, 9.17) is 9.47 Å². The van der Waals surface area contributed by atoms with Gasteiger partial charge in [-0.05, 0) is 37.5 Å². The summed E-state index contributed by atoms with van der Waals surface area (Å²) in [7, 11) is 0. The average Bonchev–Trinajstić information content (AvgIpc) is 2.60. The van der Waals surface area contributed by atoms with E-state index in [9.17, 15) is 20.1 Å². The van der Waals surface area contributed by atoms with E-state index in [0.717, 1.165) is 6.42 Å². The monoisotopic (exact) mass is 351 g/mol. The highest BCUT2D eigenvalue weighted by Gasteiger charge is 2.47. The van der Waals surface area contributed by atoms with Crippen LogP contribution in [0.2, 0.25) is 0 Å². The number of rotatable bonds is 5. The Bertz CT molecular complexity index is 649. The number of aliphatic hydroxyl groups excluding tert-OH is 3. The van der Waals surface area contributed by atoms with E-state index in [1.807, 2.05) is 13.8 Å². The number of benzene rings is 1. The molecule has 1 aromatic carbocycles. The second-order valence-corrected chi connectivity index (χ2v) is 6.56. The molecule has 25 heavy (non-hydrogen) atoms. The highest BCUT2D eigenvalue weighted by Crippen LogP contribution is 2.42. The quantitative estimate of drug-likeness (QED) is 0.617. The van der Waals surface area contributed by atoms with E-state index in [1.165, 1.54) is 0 Å². The first-order valence-corrected chi connectivity index (χ1v) is 8.76. The number of carbonyl (C=O) groups excluding carboxylic acids is 1. The Hall–Kier alpha value is -1.83. The molecule has 0 spiro atoms. The molecule has 1 aliphatic carbocycles. The van der Waals surface area contributed by atoms with Crippen molar-refractivity contribution in [2.45, 2.75) is 57.0 Å². The highest BCUT2D eigenvalue weighted by molar-refractivity contribution is 5.98. The van der Waals surface area contributed by atoms with Crippen molar-refractivity contribution in [1.29, 1.82) is 0 Å². The van der Waals surface area contributed by atoms with Crippen molar-refractivity contribution in [3.63, 3.8) is 0 Å². The standard InChI is InChI=1S/C18H25NO6/c1-3-5-25-14-8-11-9(7-13(14)24-4-2)10-6-12(20)16(21)17(22)15(10)19-18(11)23/h7-8,10,12,15-17,20-22H,3-6H2,1-2H3,(H,19,23). The molecule has 0 aromatic heterocycles. The third kappa shape index (κ3) is 3.19. The van der Waals surface area contributed by atoms with Gasteiger partial charge < -0.3 is 30.1 Å². The fourth-order valence-corrected chi connectivity index (χ4v) is 3.63. The van der Waals surface area contributed by atoms with Crippen LogP contribution in [0.3, 0.4) is 0 Å². The van der Waals surface area contributed by atoms with Crippen molar-refractivity contribution in [3.8, 4) is 11.5 Å². The molecule has 7 heteroatoms. The Morgan fingerprint density at radius 2 is 1.84 bits per heavy atom. The molecule has 7 nitrogen and oxygen atoms in total. The van der Waals surface area contributed by atoms with Gasteiger partial charge in [-0.3, -0.25) is 4.79 Å². The largest absolute Gasteiger partial charge is 0.490 e. The van der Waals surface area contributed by atoms with Crippen LogP contribution in [-0.2, 0) is 0 Å². The van der Waals surface area contributed by atoms with E-state index in [2.05, 4.69) is 5.32 Å². The smallest absolute Gasteiger partial charge is 0.252 e. The molecule has 4 N–H and O–H groups in total. The molecule has 1 fully saturated rings. The first kappa shape index (κ1) is 18.0. The minimum absolute atomic E-state index is 0.247. The van der Waals surface area contributed by atoms with E-state index < -0.39 is 24.4 Å². The zero-order valence-corrected chi connectivity index (χ0v) is 14.4. The molecule has 1 amide bonds. The summed E-state index contributed by atoms with van der Waals surface area (Å²) in [5.41, 5.74) is 1.15. The Morgan fingerprint density at radius 1 is 1.12 bits per heavy atom. The van der Waals surface area contributed by atoms with Crippen LogP contribution in [-0.4, -0.2) is 58.8 Å². The zero-order valence-electron chi connectivity index (χ0n) is 14.4. The van der Waals surface area contributed by atoms with Crippen molar-refractivity contribution >= 4 is 5.91 Å². The normalized spacial score (nSPS) is 30.9. The molecule has 0 bridgehead atoms. The van der Waals surface area contributed by atoms with Gasteiger partial charge in [-0.15, -0.1) is 0 Å². The van der Waals surface area contributed by atoms with Gasteiger partial charge in [-0.25, -0.2) is 0 Å². The molecule has 5 atom stereocenters. The third-order valence-corrected chi connectivity index (χ3v) is 4.86. The van der Waals surface area contributed by atoms with Crippen LogP contribution in [0.1, 0.15) is 48.5 Å². The Kier molecular flexibility index (Phi) is 5.17. The number of ether oxygens (including phenoxy) is 2. The number of hydrogen-bond donors (Lipinski definition) is 4. The van der Waals surface area contributed by atoms with Gasteiger partial charge in [0.05, 0.1) is 25.4 Å². The Morgan fingerprint density at radius 3 is 2.52 bits per heavy atom. The number of aliphatic hydroxyl groups is 3. The molecule has 1 aliphatic heterocycles. The minimum Gasteiger partial charge on any atom is -0.490 e. The number of carbonyl (C=O) groups is 1. The van der Waals surface area contributed by atoms with E-state index in [-0.39, 0.29) is 18.2 Å². The van der Waals surface area contributed by atoms with Crippen LogP contribution in [0, 0.1) is 0 Å². The van der Waals surface area contributed by atoms with Crippen LogP contribution in [0.5, 0.6) is 11.5 Å². The van der Waals surface area contributed by atoms with E-state index in [0.29, 0.717) is 35.8 Å². The van der Waals surface area contributed by atoms with Gasteiger partial charge in [0.25, 0.3) is 5.91 Å². The van der Waals surface area contributed by atoms with Gasteiger partial charge in [0.15, 0.2) is 11.5 Å². The van der Waals surface area contributed by atoms with Gasteiger partial charge in [-0.1, -0.05) is 6.92 Å². The predicted octanol–water partition coefficient (Wildman–Crippen LogP) is 0.556. The van der Waals surface area contributed by atoms with Gasteiger partial charge in [-0.2, -0.15) is 0 Å². The molecular weight excluding hydrogens is 326 g/mol. The summed E-state index contributed by atoms with van der Waals surface area (Å²) in [6, 6.07) is 2.78. The fraction of sp³-hybridized carbons (Fsp3) is 0.611. The molecule has 0 saturated heterocycles. The lowest BCUT2D eigenvalue weighted by atomic mass is 9.72. The van der Waals surface area contributed by atoms with Crippen LogP contribution in [0.4, 0.5) is 0 Å². The van der Waals surface area contributed by atoms with Crippen LogP contribution < -0.4 is 14.8 Å². The Balaban J connectivity index is 2.03. The number of hydrogen-bond acceptors (Lipinski definition) is 6. The minimum atomic E-state index is -1.28. The number of nitrogens with one attached hydrogen (secondary N) is 1. The molecule has 3 rings (SSSR count). The van der Waals surface area contributed by atoms with Crippen molar-refractivity contribution in [1.82, 2.24) is 5.32 Å². The molecule has 1 saturated carbocycles. The summed E-state index contributed by atoms with van der Waals surface area (Å²) < 4.78 is 11.4. The molecule has 2 aliphatic rings. The Labute approximate surface area is 146 Å². The molecule has 5 unspecified atom stereocenters. The second-order valence-electron chi connectivity index (χ2n) is 6.56. The first-order chi connectivity index (χ1) is 12.0. The van der Waals surface area contributed by atoms with Crippen molar-refractivity contribution in [2.75, 3.05) is 13.2 Å². The lowest BCUT2D eigenvalue weighted by molar-refractivity contribution is -0.104. The number of amides is 1. The molecule has 1 heterocycles. The predicted molar refractivity (Wildman–Crippen MR) is 90.0 cm³/mol. The van der Waals surface area contributed by atoms with Crippen molar-refractivity contribution in [3.05, 3.63) is 23.3 Å². The first-order valence-electron chi connectivity index (χ1n) is 8.76. The second kappa shape index (κ2) is 7.19. The summed E-state index contributed by atoms with van der Waals surface area (Å²) in [5.74, 6) is 0.412. The third-order valence-electron chi connectivity index (χ3n) is 4.86.